The topological polar surface area (TPSA) is 112 Å². The van der Waals surface area contributed by atoms with Gasteiger partial charge in [0.2, 0.25) is 5.91 Å². The van der Waals surface area contributed by atoms with Gasteiger partial charge in [0.1, 0.15) is 11.8 Å². The number of carbonyl (C=O) groups is 3. The van der Waals surface area contributed by atoms with Gasteiger partial charge in [-0.25, -0.2) is 9.37 Å². The maximum atomic E-state index is 14.4. The van der Waals surface area contributed by atoms with E-state index in [9.17, 15) is 23.9 Å². The Morgan fingerprint density at radius 3 is 2.44 bits per heavy atom. The van der Waals surface area contributed by atoms with Gasteiger partial charge in [-0.05, 0) is 49.7 Å². The number of nitrogens with zero attached hydrogens (tertiary/aromatic N) is 2. The molecule has 1 unspecified atom stereocenters. The van der Waals surface area contributed by atoms with E-state index in [-0.39, 0.29) is 49.6 Å². The van der Waals surface area contributed by atoms with Crippen LogP contribution in [-0.4, -0.2) is 69.5 Å². The number of alkyl halides is 1. The molecular formula is C29H39FN4O4S. The first kappa shape index (κ1) is 29.3. The molecule has 8 nitrogen and oxygen atoms in total. The predicted molar refractivity (Wildman–Crippen MR) is 149 cm³/mol. The van der Waals surface area contributed by atoms with Crippen LogP contribution < -0.4 is 10.6 Å². The SMILES string of the molecule is CC(=O)C[C@H](NCC1C[C@@H](O)CN1C(=O)[C@@H](NC(=O)C1(F)CC1)C(C)(C)C)c1ccc(-c2scnc2C)cc1. The Kier molecular flexibility index (Phi) is 8.58. The highest BCUT2D eigenvalue weighted by Crippen LogP contribution is 2.40. The van der Waals surface area contributed by atoms with Crippen LogP contribution in [0.5, 0.6) is 0 Å². The molecule has 1 saturated heterocycles. The highest BCUT2D eigenvalue weighted by Gasteiger charge is 2.53. The number of amides is 2. The Morgan fingerprint density at radius 1 is 1.23 bits per heavy atom. The molecule has 39 heavy (non-hydrogen) atoms. The molecule has 1 aromatic heterocycles. The van der Waals surface area contributed by atoms with Crippen LogP contribution in [0.15, 0.2) is 29.8 Å². The van der Waals surface area contributed by atoms with Crippen LogP contribution in [0.4, 0.5) is 4.39 Å². The molecule has 10 heteroatoms. The lowest BCUT2D eigenvalue weighted by molar-refractivity contribution is -0.142. The molecule has 3 N–H and O–H groups in total. The van der Waals surface area contributed by atoms with E-state index in [4.69, 9.17) is 0 Å². The first-order chi connectivity index (χ1) is 18.3. The number of rotatable bonds is 10. The number of Topliss-reactive ketones (excluding diaryl/α,β-unsaturated/α-hetero) is 1. The molecule has 0 spiro atoms. The standard InChI is InChI=1S/C29H39FN4O4S/c1-17(35)12-23(19-6-8-20(9-7-19)24-18(2)32-16-39-24)31-14-21-13-22(36)15-34(21)26(37)25(28(3,4)5)33-27(38)29(30)10-11-29/h6-9,16,21-23,25,31,36H,10-15H2,1-5H3,(H,33,38)/t21?,22-,23+,25-/m1/s1. The normalized spacial score (nSPS) is 21.9. The van der Waals surface area contributed by atoms with E-state index in [2.05, 4.69) is 15.6 Å². The Morgan fingerprint density at radius 2 is 1.90 bits per heavy atom. The summed E-state index contributed by atoms with van der Waals surface area (Å²) in [6, 6.07) is 6.49. The summed E-state index contributed by atoms with van der Waals surface area (Å²) in [4.78, 5) is 45.3. The summed E-state index contributed by atoms with van der Waals surface area (Å²) in [6.07, 6.45) is 0.276. The van der Waals surface area contributed by atoms with Crippen LogP contribution in [0.1, 0.15) is 70.7 Å². The molecule has 4 rings (SSSR count). The maximum absolute atomic E-state index is 14.4. The zero-order valence-electron chi connectivity index (χ0n) is 23.3. The largest absolute Gasteiger partial charge is 0.391 e. The second kappa shape index (κ2) is 11.4. The molecule has 212 valence electrons. The summed E-state index contributed by atoms with van der Waals surface area (Å²) in [6.45, 7) is 9.49. The molecule has 2 fully saturated rings. The summed E-state index contributed by atoms with van der Waals surface area (Å²) in [7, 11) is 0. The first-order valence-corrected chi connectivity index (χ1v) is 14.4. The number of carbonyl (C=O) groups excluding carboxylic acids is 3. The Labute approximate surface area is 233 Å². The fraction of sp³-hybridized carbons (Fsp3) is 0.586. The Hall–Kier alpha value is -2.69. The van der Waals surface area contributed by atoms with Crippen LogP contribution >= 0.6 is 11.3 Å². The minimum absolute atomic E-state index is 0.0324. The zero-order chi connectivity index (χ0) is 28.5. The van der Waals surface area contributed by atoms with Crippen molar-refractivity contribution in [2.75, 3.05) is 13.1 Å². The number of thiazole rings is 1. The minimum Gasteiger partial charge on any atom is -0.391 e. The van der Waals surface area contributed by atoms with Crippen molar-refractivity contribution in [2.24, 2.45) is 5.41 Å². The molecule has 2 aliphatic rings. The van der Waals surface area contributed by atoms with Crippen molar-refractivity contribution in [3.63, 3.8) is 0 Å². The lowest BCUT2D eigenvalue weighted by Crippen LogP contribution is -2.58. The molecule has 0 bridgehead atoms. The molecule has 1 aliphatic carbocycles. The zero-order valence-corrected chi connectivity index (χ0v) is 24.1. The van der Waals surface area contributed by atoms with Crippen LogP contribution in [0.25, 0.3) is 10.4 Å². The Balaban J connectivity index is 1.48. The van der Waals surface area contributed by atoms with Gasteiger partial charge in [0.15, 0.2) is 5.67 Å². The van der Waals surface area contributed by atoms with Gasteiger partial charge in [0, 0.05) is 31.6 Å². The molecule has 1 aromatic carbocycles. The number of aliphatic hydroxyl groups excluding tert-OH is 1. The molecule has 2 aromatic rings. The monoisotopic (exact) mass is 558 g/mol. The highest BCUT2D eigenvalue weighted by atomic mass is 32.1. The molecule has 2 amide bonds. The lowest BCUT2D eigenvalue weighted by Gasteiger charge is -2.36. The van der Waals surface area contributed by atoms with Crippen molar-refractivity contribution < 1.29 is 23.9 Å². The van der Waals surface area contributed by atoms with Gasteiger partial charge in [0.25, 0.3) is 5.91 Å². The van der Waals surface area contributed by atoms with E-state index in [1.165, 1.54) is 0 Å². The van der Waals surface area contributed by atoms with Crippen LogP contribution in [-0.2, 0) is 14.4 Å². The summed E-state index contributed by atoms with van der Waals surface area (Å²) in [5.74, 6) is -1.05. The van der Waals surface area contributed by atoms with Gasteiger partial charge in [-0.2, -0.15) is 0 Å². The molecule has 1 saturated carbocycles. The second-order valence-electron chi connectivity index (χ2n) is 12.0. The number of aryl methyl sites for hydroxylation is 1. The summed E-state index contributed by atoms with van der Waals surface area (Å²) in [5.41, 5.74) is 2.26. The number of nitrogens with one attached hydrogen (secondary N) is 2. The molecule has 1 aliphatic heterocycles. The van der Waals surface area contributed by atoms with Gasteiger partial charge in [0.05, 0.1) is 22.2 Å². The summed E-state index contributed by atoms with van der Waals surface area (Å²) in [5, 5.41) is 16.6. The van der Waals surface area contributed by atoms with Crippen LogP contribution in [0.2, 0.25) is 0 Å². The van der Waals surface area contributed by atoms with Gasteiger partial charge in [-0.15, -0.1) is 11.3 Å². The number of hydrogen-bond donors (Lipinski definition) is 3. The maximum Gasteiger partial charge on any atom is 0.258 e. The van der Waals surface area contributed by atoms with Crippen molar-refractivity contribution in [2.45, 2.75) is 90.2 Å². The highest BCUT2D eigenvalue weighted by molar-refractivity contribution is 7.13. The van der Waals surface area contributed by atoms with E-state index >= 15 is 0 Å². The van der Waals surface area contributed by atoms with Crippen molar-refractivity contribution >= 4 is 28.9 Å². The number of β-amino-alcohol motifs (C(OH)–C–C–N with tert-alkyl or cyclic N) is 1. The fourth-order valence-corrected chi connectivity index (χ4v) is 5.90. The second-order valence-corrected chi connectivity index (χ2v) is 12.9. The van der Waals surface area contributed by atoms with Gasteiger partial charge in [-0.1, -0.05) is 45.0 Å². The van der Waals surface area contributed by atoms with E-state index in [1.807, 2.05) is 57.5 Å². The fourth-order valence-electron chi connectivity index (χ4n) is 5.09. The predicted octanol–water partition coefficient (Wildman–Crippen LogP) is 3.72. The summed E-state index contributed by atoms with van der Waals surface area (Å²) >= 11 is 1.58. The number of hydrogen-bond acceptors (Lipinski definition) is 7. The van der Waals surface area contributed by atoms with Crippen molar-refractivity contribution in [3.05, 3.63) is 41.0 Å². The molecule has 0 radical (unpaired) electrons. The van der Waals surface area contributed by atoms with Crippen molar-refractivity contribution in [3.8, 4) is 10.4 Å². The third kappa shape index (κ3) is 6.91. The van der Waals surface area contributed by atoms with Gasteiger partial charge >= 0.3 is 0 Å². The molecular weight excluding hydrogens is 519 g/mol. The van der Waals surface area contributed by atoms with E-state index < -0.39 is 29.1 Å². The quantitative estimate of drug-likeness (QED) is 0.410. The third-order valence-electron chi connectivity index (χ3n) is 7.57. The number of aromatic nitrogens is 1. The average molecular weight is 559 g/mol. The number of halogens is 1. The number of ketones is 1. The van der Waals surface area contributed by atoms with Crippen LogP contribution in [0.3, 0.4) is 0 Å². The number of aliphatic hydroxyl groups is 1. The molecule has 4 atom stereocenters. The van der Waals surface area contributed by atoms with E-state index in [1.54, 1.807) is 23.2 Å². The summed E-state index contributed by atoms with van der Waals surface area (Å²) < 4.78 is 14.4. The number of benzene rings is 1. The van der Waals surface area contributed by atoms with E-state index in [0.29, 0.717) is 13.0 Å². The van der Waals surface area contributed by atoms with Gasteiger partial charge in [-0.3, -0.25) is 14.4 Å². The molecule has 2 heterocycles. The first-order valence-electron chi connectivity index (χ1n) is 13.5. The Bertz CT molecular complexity index is 1200. The van der Waals surface area contributed by atoms with Crippen molar-refractivity contribution in [1.82, 2.24) is 20.5 Å². The number of likely N-dealkylation sites (tertiary alicyclic amines) is 1. The van der Waals surface area contributed by atoms with Crippen LogP contribution in [0, 0.1) is 12.3 Å². The van der Waals surface area contributed by atoms with Gasteiger partial charge < -0.3 is 20.6 Å². The smallest absolute Gasteiger partial charge is 0.258 e. The lowest BCUT2D eigenvalue weighted by atomic mass is 9.85. The van der Waals surface area contributed by atoms with Crippen molar-refractivity contribution in [1.29, 1.82) is 0 Å². The van der Waals surface area contributed by atoms with E-state index in [0.717, 1.165) is 21.7 Å². The average Bonchev–Trinajstić information content (AvgIpc) is 3.29. The minimum atomic E-state index is -1.89. The third-order valence-corrected chi connectivity index (χ3v) is 8.55.